The average molecular weight is 231 g/mol. The third-order valence-corrected chi connectivity index (χ3v) is 1.71. The summed E-state index contributed by atoms with van der Waals surface area (Å²) >= 11 is 0. The first-order valence-corrected chi connectivity index (χ1v) is 4.28. The van der Waals surface area contributed by atoms with Gasteiger partial charge in [-0.15, -0.1) is 0 Å². The lowest BCUT2D eigenvalue weighted by atomic mass is 10.1. The van der Waals surface area contributed by atoms with Gasteiger partial charge in [-0.25, -0.2) is 0 Å². The maximum absolute atomic E-state index is 11.8. The van der Waals surface area contributed by atoms with Gasteiger partial charge in [-0.3, -0.25) is 0 Å². The standard InChI is InChI=1S/C10H9F3N2.H3N/c11-10(12,13)7-15-6-9-3-1-2-8(4-9)5-14;/h1-4,15H,6-7H2;1H3. The van der Waals surface area contributed by atoms with Crippen molar-refractivity contribution in [2.75, 3.05) is 6.54 Å². The van der Waals surface area contributed by atoms with Crippen LogP contribution >= 0.6 is 0 Å². The van der Waals surface area contributed by atoms with E-state index < -0.39 is 12.7 Å². The SMILES string of the molecule is N.N#Cc1cccc(CNCC(F)(F)F)c1. The highest BCUT2D eigenvalue weighted by molar-refractivity contribution is 5.32. The molecular weight excluding hydrogens is 219 g/mol. The van der Waals surface area contributed by atoms with Crippen molar-refractivity contribution in [1.82, 2.24) is 11.5 Å². The summed E-state index contributed by atoms with van der Waals surface area (Å²) in [5.41, 5.74) is 1.11. The summed E-state index contributed by atoms with van der Waals surface area (Å²) in [7, 11) is 0. The largest absolute Gasteiger partial charge is 0.401 e. The summed E-state index contributed by atoms with van der Waals surface area (Å²) < 4.78 is 35.4. The molecule has 88 valence electrons. The number of hydrogen-bond acceptors (Lipinski definition) is 3. The summed E-state index contributed by atoms with van der Waals surface area (Å²) in [5.74, 6) is 0. The molecule has 3 nitrogen and oxygen atoms in total. The highest BCUT2D eigenvalue weighted by Gasteiger charge is 2.25. The minimum absolute atomic E-state index is 0. The van der Waals surface area contributed by atoms with E-state index in [1.54, 1.807) is 24.3 Å². The third-order valence-electron chi connectivity index (χ3n) is 1.71. The van der Waals surface area contributed by atoms with Crippen molar-refractivity contribution in [3.63, 3.8) is 0 Å². The van der Waals surface area contributed by atoms with E-state index in [1.807, 2.05) is 6.07 Å². The van der Waals surface area contributed by atoms with Crippen LogP contribution < -0.4 is 11.5 Å². The van der Waals surface area contributed by atoms with Gasteiger partial charge in [0.25, 0.3) is 0 Å². The van der Waals surface area contributed by atoms with Crippen molar-refractivity contribution in [3.8, 4) is 6.07 Å². The van der Waals surface area contributed by atoms with Gasteiger partial charge < -0.3 is 11.5 Å². The van der Waals surface area contributed by atoms with Crippen LogP contribution in [0.1, 0.15) is 11.1 Å². The fraction of sp³-hybridized carbons (Fsp3) is 0.300. The van der Waals surface area contributed by atoms with E-state index in [9.17, 15) is 13.2 Å². The van der Waals surface area contributed by atoms with Crippen molar-refractivity contribution in [2.24, 2.45) is 0 Å². The highest BCUT2D eigenvalue weighted by Crippen LogP contribution is 2.12. The first kappa shape index (κ1) is 14.4. The molecule has 0 atom stereocenters. The van der Waals surface area contributed by atoms with Crippen LogP contribution in [0.25, 0.3) is 0 Å². The van der Waals surface area contributed by atoms with Gasteiger partial charge in [0, 0.05) is 6.54 Å². The van der Waals surface area contributed by atoms with Crippen LogP contribution in [0.2, 0.25) is 0 Å². The maximum Gasteiger partial charge on any atom is 0.401 e. The van der Waals surface area contributed by atoms with Crippen LogP contribution in [0.15, 0.2) is 24.3 Å². The van der Waals surface area contributed by atoms with E-state index in [0.717, 1.165) is 0 Å². The second-order valence-corrected chi connectivity index (χ2v) is 3.03. The molecule has 0 aromatic heterocycles. The Labute approximate surface area is 91.5 Å². The Hall–Kier alpha value is -1.58. The van der Waals surface area contributed by atoms with E-state index in [2.05, 4.69) is 5.32 Å². The van der Waals surface area contributed by atoms with E-state index in [-0.39, 0.29) is 12.7 Å². The predicted octanol–water partition coefficient (Wildman–Crippen LogP) is 2.37. The van der Waals surface area contributed by atoms with Gasteiger partial charge in [-0.2, -0.15) is 18.4 Å². The van der Waals surface area contributed by atoms with Gasteiger partial charge in [0.1, 0.15) is 0 Å². The van der Waals surface area contributed by atoms with Gasteiger partial charge in [-0.1, -0.05) is 12.1 Å². The smallest absolute Gasteiger partial charge is 0.344 e. The molecule has 0 amide bonds. The van der Waals surface area contributed by atoms with Crippen molar-refractivity contribution in [2.45, 2.75) is 12.7 Å². The molecule has 0 saturated heterocycles. The van der Waals surface area contributed by atoms with Gasteiger partial charge in [0.15, 0.2) is 0 Å². The zero-order valence-corrected chi connectivity index (χ0v) is 8.51. The lowest BCUT2D eigenvalue weighted by Gasteiger charge is -2.07. The first-order chi connectivity index (χ1) is 7.01. The summed E-state index contributed by atoms with van der Waals surface area (Å²) in [6, 6.07) is 8.40. The quantitative estimate of drug-likeness (QED) is 0.838. The fourth-order valence-corrected chi connectivity index (χ4v) is 1.10. The number of benzene rings is 1. The monoisotopic (exact) mass is 231 g/mol. The molecule has 6 heteroatoms. The molecule has 0 radical (unpaired) electrons. The Kier molecular flexibility index (Phi) is 5.50. The number of halogens is 3. The van der Waals surface area contributed by atoms with Gasteiger partial charge in [0.2, 0.25) is 0 Å². The minimum Gasteiger partial charge on any atom is -0.344 e. The molecule has 0 aliphatic rings. The number of nitrogens with one attached hydrogen (secondary N) is 1. The molecule has 0 saturated carbocycles. The second-order valence-electron chi connectivity index (χ2n) is 3.03. The van der Waals surface area contributed by atoms with Crippen LogP contribution in [0.5, 0.6) is 0 Å². The van der Waals surface area contributed by atoms with Gasteiger partial charge in [-0.05, 0) is 17.7 Å². The fourth-order valence-electron chi connectivity index (χ4n) is 1.10. The maximum atomic E-state index is 11.8. The number of nitrogens with zero attached hydrogens (tertiary/aromatic N) is 1. The lowest BCUT2D eigenvalue weighted by Crippen LogP contribution is -2.28. The number of rotatable bonds is 3. The predicted molar refractivity (Wildman–Crippen MR) is 53.9 cm³/mol. The molecule has 0 aliphatic carbocycles. The average Bonchev–Trinajstić information content (AvgIpc) is 2.16. The third kappa shape index (κ3) is 5.34. The van der Waals surface area contributed by atoms with Crippen molar-refractivity contribution < 1.29 is 13.2 Å². The summed E-state index contributed by atoms with van der Waals surface area (Å²) in [4.78, 5) is 0. The van der Waals surface area contributed by atoms with E-state index >= 15 is 0 Å². The Morgan fingerprint density at radius 3 is 2.56 bits per heavy atom. The Bertz CT molecular complexity index is 368. The van der Waals surface area contributed by atoms with E-state index in [0.29, 0.717) is 11.1 Å². The Balaban J connectivity index is 0.00000225. The normalized spacial score (nSPS) is 10.4. The van der Waals surface area contributed by atoms with Crippen LogP contribution in [-0.2, 0) is 6.54 Å². The number of nitriles is 1. The molecule has 1 aromatic rings. The molecule has 0 unspecified atom stereocenters. The van der Waals surface area contributed by atoms with Crippen molar-refractivity contribution in [1.29, 1.82) is 5.26 Å². The minimum atomic E-state index is -4.20. The topological polar surface area (TPSA) is 70.8 Å². The molecule has 0 aliphatic heterocycles. The Morgan fingerprint density at radius 2 is 2.00 bits per heavy atom. The lowest BCUT2D eigenvalue weighted by molar-refractivity contribution is -0.125. The molecule has 0 bridgehead atoms. The van der Waals surface area contributed by atoms with Crippen molar-refractivity contribution >= 4 is 0 Å². The summed E-state index contributed by atoms with van der Waals surface area (Å²) in [6.07, 6.45) is -4.20. The highest BCUT2D eigenvalue weighted by atomic mass is 19.4. The summed E-state index contributed by atoms with van der Waals surface area (Å²) in [5, 5.41) is 10.8. The second kappa shape index (κ2) is 6.10. The number of hydrogen-bond donors (Lipinski definition) is 2. The van der Waals surface area contributed by atoms with E-state index in [4.69, 9.17) is 5.26 Å². The molecule has 16 heavy (non-hydrogen) atoms. The molecular formula is C10H12F3N3. The van der Waals surface area contributed by atoms with Crippen LogP contribution in [-0.4, -0.2) is 12.7 Å². The molecule has 0 spiro atoms. The van der Waals surface area contributed by atoms with Gasteiger partial charge >= 0.3 is 6.18 Å². The zero-order valence-electron chi connectivity index (χ0n) is 8.51. The van der Waals surface area contributed by atoms with Crippen LogP contribution in [0.4, 0.5) is 13.2 Å². The van der Waals surface area contributed by atoms with Crippen LogP contribution in [0.3, 0.4) is 0 Å². The van der Waals surface area contributed by atoms with Crippen molar-refractivity contribution in [3.05, 3.63) is 35.4 Å². The molecule has 4 N–H and O–H groups in total. The molecule has 0 heterocycles. The van der Waals surface area contributed by atoms with Gasteiger partial charge in [0.05, 0.1) is 18.2 Å². The van der Waals surface area contributed by atoms with Crippen LogP contribution in [0, 0.1) is 11.3 Å². The molecule has 1 aromatic carbocycles. The molecule has 0 fully saturated rings. The molecule has 1 rings (SSSR count). The van der Waals surface area contributed by atoms with E-state index in [1.165, 1.54) is 0 Å². The first-order valence-electron chi connectivity index (χ1n) is 4.28. The Morgan fingerprint density at radius 1 is 1.31 bits per heavy atom. The zero-order chi connectivity index (χ0) is 11.3. The summed E-state index contributed by atoms with van der Waals surface area (Å²) in [6.45, 7) is -0.918. The number of alkyl halides is 3.